The Morgan fingerprint density at radius 3 is 1.69 bits per heavy atom. The number of anilines is 3. The Kier molecular flexibility index (Phi) is 33.2. The predicted octanol–water partition coefficient (Wildman–Crippen LogP) is 7.61. The molecule has 0 fully saturated rings. The summed E-state index contributed by atoms with van der Waals surface area (Å²) in [5.74, 6) is -4.02. The van der Waals surface area contributed by atoms with E-state index in [1.165, 1.54) is 64.8 Å². The average Bonchev–Trinajstić information content (AvgIpc) is 1.59. The van der Waals surface area contributed by atoms with Crippen molar-refractivity contribution < 1.29 is 105 Å². The van der Waals surface area contributed by atoms with Crippen LogP contribution in [0.2, 0.25) is 0 Å². The number of primary amides is 1. The molecule has 32 nitrogen and oxygen atoms in total. The largest absolute Gasteiger partial charge is 0.524 e. The van der Waals surface area contributed by atoms with Gasteiger partial charge in [0, 0.05) is 140 Å². The third-order valence-electron chi connectivity index (χ3n) is 18.2. The summed E-state index contributed by atoms with van der Waals surface area (Å²) >= 11 is 15.9. The molecule has 5 aromatic rings. The number of carbonyl (C=O) groups excluding carboxylic acids is 9. The summed E-state index contributed by atoms with van der Waals surface area (Å²) < 4.78 is 58.0. The van der Waals surface area contributed by atoms with E-state index in [1.807, 2.05) is 24.6 Å². The number of urea groups is 1. The number of thiophene rings is 2. The maximum Gasteiger partial charge on any atom is 0.524 e. The summed E-state index contributed by atoms with van der Waals surface area (Å²) in [6, 6.07) is 6.59. The molecular formula is C72H95Cl2N10O22PS2. The van der Waals surface area contributed by atoms with Crippen LogP contribution in [-0.2, 0) is 71.3 Å². The molecule has 0 spiro atoms. The number of hydrogen-bond donors (Lipinski definition) is 8. The molecule has 3 aliphatic rings. The number of phosphoric acid groups is 1. The van der Waals surface area contributed by atoms with Gasteiger partial charge in [-0.15, -0.1) is 45.9 Å². The van der Waals surface area contributed by atoms with Gasteiger partial charge < -0.3 is 89.4 Å². The van der Waals surface area contributed by atoms with E-state index in [1.54, 1.807) is 49.1 Å². The average molecular weight is 1620 g/mol. The lowest BCUT2D eigenvalue weighted by Gasteiger charge is -2.26. The quantitative estimate of drug-likeness (QED) is 0.00804. The lowest BCUT2D eigenvalue weighted by Crippen LogP contribution is -2.54. The summed E-state index contributed by atoms with van der Waals surface area (Å²) in [6.45, 7) is 11.0. The minimum atomic E-state index is -5.00. The third kappa shape index (κ3) is 24.2. The van der Waals surface area contributed by atoms with Gasteiger partial charge in [-0.1, -0.05) is 26.0 Å². The van der Waals surface area contributed by atoms with E-state index in [-0.39, 0.29) is 163 Å². The Labute approximate surface area is 648 Å². The van der Waals surface area contributed by atoms with Crippen molar-refractivity contribution in [3.05, 3.63) is 92.7 Å². The van der Waals surface area contributed by atoms with Gasteiger partial charge in [-0.05, 0) is 95.8 Å². The fourth-order valence-electron chi connectivity index (χ4n) is 12.6. The number of carbonyl (C=O) groups is 10. The van der Waals surface area contributed by atoms with Crippen molar-refractivity contribution >= 4 is 151 Å². The zero-order valence-corrected chi connectivity index (χ0v) is 65.6. The number of likely N-dealkylation sites (N-methyl/N-ethyl adjacent to an activating group) is 2. The Morgan fingerprint density at radius 1 is 0.670 bits per heavy atom. The number of nitrogens with one attached hydrogen (secondary N) is 4. The molecular weight excluding hydrogens is 1520 g/mol. The van der Waals surface area contributed by atoms with Crippen molar-refractivity contribution in [2.45, 2.75) is 96.2 Å². The van der Waals surface area contributed by atoms with Gasteiger partial charge in [0.25, 0.3) is 11.8 Å². The minimum absolute atomic E-state index is 0.0191. The van der Waals surface area contributed by atoms with Crippen LogP contribution in [0.15, 0.2) is 59.3 Å². The molecule has 5 atom stereocenters. The van der Waals surface area contributed by atoms with E-state index in [2.05, 4.69) is 21.3 Å². The number of amides is 11. The van der Waals surface area contributed by atoms with Crippen molar-refractivity contribution in [3.8, 4) is 5.75 Å². The summed E-state index contributed by atoms with van der Waals surface area (Å²) in [6.07, 6.45) is -0.712. The molecule has 3 aliphatic heterocycles. The number of alkyl halides is 2. The number of ether oxygens (including phenoxy) is 7. The highest BCUT2D eigenvalue weighted by molar-refractivity contribution is 7.46. The molecule has 1 unspecified atom stereocenters. The second-order valence-corrected chi connectivity index (χ2v) is 30.0. The van der Waals surface area contributed by atoms with E-state index in [4.69, 9.17) is 66.6 Å². The Hall–Kier alpha value is -8.09. The summed E-state index contributed by atoms with van der Waals surface area (Å²) in [4.78, 5) is 158. The predicted molar refractivity (Wildman–Crippen MR) is 409 cm³/mol. The molecule has 0 aliphatic carbocycles. The van der Waals surface area contributed by atoms with Crippen LogP contribution >= 0.6 is 53.7 Å². The monoisotopic (exact) mass is 1620 g/mol. The number of carboxylic acid groups (broad SMARTS) is 1. The van der Waals surface area contributed by atoms with Gasteiger partial charge >= 0.3 is 26.0 Å². The first kappa shape index (κ1) is 86.5. The van der Waals surface area contributed by atoms with Gasteiger partial charge in [-0.25, -0.2) is 18.9 Å². The maximum atomic E-state index is 14.7. The fourth-order valence-corrected chi connectivity index (χ4v) is 15.7. The van der Waals surface area contributed by atoms with Crippen LogP contribution in [0.5, 0.6) is 5.75 Å². The minimum Gasteiger partial charge on any atom is -0.465 e. The van der Waals surface area contributed by atoms with E-state index in [0.717, 1.165) is 42.1 Å². The molecule has 2 aromatic heterocycles. The van der Waals surface area contributed by atoms with E-state index >= 15 is 0 Å². The first-order chi connectivity index (χ1) is 52.1. The number of nitrogens with zero attached hydrogens (tertiary/aromatic N) is 5. The number of fused-ring (bicyclic) bond motifs is 6. The van der Waals surface area contributed by atoms with Gasteiger partial charge in [-0.2, -0.15) is 0 Å². The lowest BCUT2D eigenvalue weighted by molar-refractivity contribution is -0.138. The Balaban J connectivity index is 0.879. The van der Waals surface area contributed by atoms with Gasteiger partial charge in [0.1, 0.15) is 12.1 Å². The molecule has 9 N–H and O–H groups in total. The van der Waals surface area contributed by atoms with Crippen LogP contribution in [0, 0.1) is 19.8 Å². The Morgan fingerprint density at radius 2 is 1.17 bits per heavy atom. The molecule has 5 heterocycles. The van der Waals surface area contributed by atoms with E-state index in [0.29, 0.717) is 85.4 Å². The molecule has 37 heteroatoms. The number of halogens is 2. The Bertz CT molecular complexity index is 4110. The van der Waals surface area contributed by atoms with Crippen molar-refractivity contribution in [2.24, 2.45) is 11.7 Å². The van der Waals surface area contributed by atoms with Crippen molar-refractivity contribution in [3.63, 3.8) is 0 Å². The summed E-state index contributed by atoms with van der Waals surface area (Å²) in [7, 11) is -2.18. The van der Waals surface area contributed by atoms with Crippen molar-refractivity contribution in [1.82, 2.24) is 30.7 Å². The zero-order chi connectivity index (χ0) is 79.1. The summed E-state index contributed by atoms with van der Waals surface area (Å²) in [5, 5.41) is 25.8. The van der Waals surface area contributed by atoms with Gasteiger partial charge in [-0.3, -0.25) is 48.2 Å². The molecule has 8 rings (SSSR count). The SMILES string of the molecule is Cc1csc2c(OP(=O)(O)O)cc3c(c12)[C@H](CCl)CN3C(=O)CCCC(=O)N1C[C@@H](CCl)c2c1cc(C(OC(=O)N(C)CCN(C)C(=O)O)c1ccc(NC(=O)[C@H](CCCNC(N)=O)NC(=O)[C@@H](NC(=O)CCOCCOCCOCCOCCOCCOCCN3C(=O)C=CC3=O)C(C)C)cc1)c1scc(C)c21. The number of nitrogens with two attached hydrogens (primary N) is 1. The molecule has 596 valence electrons. The van der Waals surface area contributed by atoms with Gasteiger partial charge in [0.15, 0.2) is 11.9 Å². The van der Waals surface area contributed by atoms with E-state index < -0.39 is 67.9 Å². The number of benzene rings is 3. The summed E-state index contributed by atoms with van der Waals surface area (Å²) in [5.41, 5.74) is 10.7. The van der Waals surface area contributed by atoms with Crippen LogP contribution in [0.3, 0.4) is 0 Å². The lowest BCUT2D eigenvalue weighted by atomic mass is 9.92. The number of rotatable bonds is 45. The van der Waals surface area contributed by atoms with Crippen LogP contribution in [-0.4, -0.2) is 246 Å². The highest BCUT2D eigenvalue weighted by Crippen LogP contribution is 2.53. The van der Waals surface area contributed by atoms with Crippen LogP contribution in [0.25, 0.3) is 20.2 Å². The number of hydrogen-bond acceptors (Lipinski definition) is 21. The molecule has 0 saturated carbocycles. The molecule has 0 bridgehead atoms. The molecule has 3 aromatic carbocycles. The molecule has 11 amide bonds. The van der Waals surface area contributed by atoms with Crippen LogP contribution < -0.4 is 41.3 Å². The van der Waals surface area contributed by atoms with Gasteiger partial charge in [0.2, 0.25) is 29.5 Å². The maximum absolute atomic E-state index is 14.7. The van der Waals surface area contributed by atoms with E-state index in [9.17, 15) is 67.4 Å². The first-order valence-corrected chi connectivity index (χ1v) is 39.9. The topological polar surface area (TPSA) is 413 Å². The van der Waals surface area contributed by atoms with Crippen LogP contribution in [0.1, 0.15) is 104 Å². The highest BCUT2D eigenvalue weighted by atomic mass is 35.5. The molecule has 0 radical (unpaired) electrons. The fraction of sp³-hybridized carbons (Fsp3) is 0.528. The second kappa shape index (κ2) is 41.8. The smallest absolute Gasteiger partial charge is 0.465 e. The first-order valence-electron chi connectivity index (χ1n) is 35.6. The number of phosphoric ester groups is 1. The second-order valence-electron chi connectivity index (χ2n) is 26.5. The van der Waals surface area contributed by atoms with Gasteiger partial charge in [0.05, 0.1) is 96.2 Å². The molecule has 0 saturated heterocycles. The normalized spacial score (nSPS) is 15.5. The van der Waals surface area contributed by atoms with Crippen LogP contribution in [0.4, 0.5) is 31.4 Å². The van der Waals surface area contributed by atoms with Crippen molar-refractivity contribution in [2.75, 3.05) is 160 Å². The molecule has 109 heavy (non-hydrogen) atoms. The number of aryl methyl sites for hydroxylation is 2. The third-order valence-corrected chi connectivity index (χ3v) is 21.7. The van der Waals surface area contributed by atoms with Crippen molar-refractivity contribution in [1.29, 1.82) is 0 Å². The number of imide groups is 1. The zero-order valence-electron chi connectivity index (χ0n) is 61.6. The standard InChI is InChI=1S/C72H95Cl2N10O22PS2/c1-43(2)64(79-55(85)18-23-99-25-27-101-29-31-103-33-34-104-32-30-102-28-26-100-24-22-82-58(88)16-17-59(82)89)69(91)78-51(9-8-19-76-70(75)92)68(90)77-49-14-12-46(13-15-49)65(105-72(95)81(6)21-20-80(5)71(93)94)50-35-52-62(60-44(3)41-108-66(50)60)47(37-73)39-83(52)56(86)10-7-11-57(87)84-40-48(38-74)63-53(84)36-54(106-107(96,97)98)67-61(63)45(4)42-109-67/h12-17,35-36,41-43,47-48,51,64-65H,7-11,18-34,37-40H2,1-6H3,(H,77,90)(H,78,91)(H,79,85)(H,93,94)(H3,75,76,92)(H2,96,97,98)/t47-,48-,51+,64+,65?/m1/s1. The highest BCUT2D eigenvalue weighted by Gasteiger charge is 2.40.